The molecule has 3 nitrogen and oxygen atoms in total. The van der Waals surface area contributed by atoms with E-state index in [9.17, 15) is 4.79 Å². The molecule has 2 rings (SSSR count). The van der Waals surface area contributed by atoms with Gasteiger partial charge in [0.1, 0.15) is 0 Å². The first-order valence-corrected chi connectivity index (χ1v) is 7.07. The highest BCUT2D eigenvalue weighted by Gasteiger charge is 2.29. The summed E-state index contributed by atoms with van der Waals surface area (Å²) in [6, 6.07) is 5.60. The highest BCUT2D eigenvalue weighted by atomic mass is 79.9. The van der Waals surface area contributed by atoms with E-state index >= 15 is 0 Å². The third-order valence-corrected chi connectivity index (χ3v) is 4.68. The van der Waals surface area contributed by atoms with Gasteiger partial charge in [0.2, 0.25) is 0 Å². The van der Waals surface area contributed by atoms with Gasteiger partial charge < -0.3 is 10.4 Å². The van der Waals surface area contributed by atoms with Crippen LogP contribution in [0.5, 0.6) is 0 Å². The molecule has 1 fully saturated rings. The molecule has 0 bridgehead atoms. The normalized spacial score (nSPS) is 27.2. The van der Waals surface area contributed by atoms with Gasteiger partial charge in [-0.3, -0.25) is 0 Å². The first kappa shape index (κ1) is 13.4. The average molecular weight is 312 g/mol. The lowest BCUT2D eigenvalue weighted by Crippen LogP contribution is -2.24. The largest absolute Gasteiger partial charge is 0.478 e. The molecule has 0 radical (unpaired) electrons. The zero-order valence-corrected chi connectivity index (χ0v) is 12.2. The van der Waals surface area contributed by atoms with Crippen LogP contribution in [0.4, 0.5) is 5.69 Å². The van der Waals surface area contributed by atoms with Crippen molar-refractivity contribution in [2.75, 3.05) is 5.32 Å². The second-order valence-electron chi connectivity index (χ2n) is 5.16. The van der Waals surface area contributed by atoms with E-state index in [2.05, 4.69) is 35.1 Å². The van der Waals surface area contributed by atoms with Crippen molar-refractivity contribution in [3.8, 4) is 0 Å². The zero-order chi connectivity index (χ0) is 13.3. The predicted octanol–water partition coefficient (Wildman–Crippen LogP) is 3.99. The van der Waals surface area contributed by atoms with Crippen molar-refractivity contribution in [2.45, 2.75) is 32.7 Å². The smallest absolute Gasteiger partial charge is 0.335 e. The summed E-state index contributed by atoms with van der Waals surface area (Å²) in [7, 11) is 0. The number of hydrogen-bond acceptors (Lipinski definition) is 2. The Morgan fingerprint density at radius 2 is 2.11 bits per heavy atom. The summed E-state index contributed by atoms with van der Waals surface area (Å²) in [4.78, 5) is 10.9. The van der Waals surface area contributed by atoms with Crippen LogP contribution in [0.3, 0.4) is 0 Å². The van der Waals surface area contributed by atoms with Crippen LogP contribution >= 0.6 is 15.9 Å². The standard InChI is InChI=1S/C14H18BrNO2/c1-8-3-5-12(9(8)2)16-13-6-4-10(14(17)18)7-11(13)15/h4,6-9,12,16H,3,5H2,1-2H3,(H,17,18). The Hall–Kier alpha value is -1.03. The number of benzene rings is 1. The van der Waals surface area contributed by atoms with Crippen LogP contribution in [0.15, 0.2) is 22.7 Å². The minimum atomic E-state index is -0.898. The van der Waals surface area contributed by atoms with Crippen molar-refractivity contribution in [3.05, 3.63) is 28.2 Å². The molecule has 98 valence electrons. The number of anilines is 1. The number of carboxylic acid groups (broad SMARTS) is 1. The third kappa shape index (κ3) is 2.69. The SMILES string of the molecule is CC1CCC(Nc2ccc(C(=O)O)cc2Br)C1C. The quantitative estimate of drug-likeness (QED) is 0.887. The molecule has 0 aliphatic heterocycles. The molecule has 3 unspecified atom stereocenters. The van der Waals surface area contributed by atoms with Crippen LogP contribution in [0.1, 0.15) is 37.0 Å². The van der Waals surface area contributed by atoms with Crippen LogP contribution in [-0.2, 0) is 0 Å². The van der Waals surface area contributed by atoms with Gasteiger partial charge in [-0.25, -0.2) is 4.79 Å². The Morgan fingerprint density at radius 1 is 1.39 bits per heavy atom. The molecule has 0 heterocycles. The summed E-state index contributed by atoms with van der Waals surface area (Å²) < 4.78 is 0.814. The van der Waals surface area contributed by atoms with Gasteiger partial charge in [0, 0.05) is 16.2 Å². The van der Waals surface area contributed by atoms with Gasteiger partial charge in [0.25, 0.3) is 0 Å². The summed E-state index contributed by atoms with van der Waals surface area (Å²) in [5.74, 6) is 0.501. The Morgan fingerprint density at radius 3 is 2.61 bits per heavy atom. The second kappa shape index (κ2) is 5.31. The van der Waals surface area contributed by atoms with Gasteiger partial charge in [0.05, 0.1) is 5.56 Å². The van der Waals surface area contributed by atoms with E-state index in [-0.39, 0.29) is 0 Å². The van der Waals surface area contributed by atoms with E-state index in [1.54, 1.807) is 12.1 Å². The third-order valence-electron chi connectivity index (χ3n) is 4.02. The molecule has 0 aromatic heterocycles. The fraction of sp³-hybridized carbons (Fsp3) is 0.500. The van der Waals surface area contributed by atoms with Gasteiger partial charge >= 0.3 is 5.97 Å². The molecular formula is C14H18BrNO2. The van der Waals surface area contributed by atoms with Crippen molar-refractivity contribution in [3.63, 3.8) is 0 Å². The molecule has 1 aliphatic rings. The van der Waals surface area contributed by atoms with Crippen molar-refractivity contribution < 1.29 is 9.90 Å². The van der Waals surface area contributed by atoms with E-state index in [0.29, 0.717) is 17.5 Å². The Balaban J connectivity index is 2.13. The molecule has 0 amide bonds. The van der Waals surface area contributed by atoms with E-state index in [1.807, 2.05) is 6.07 Å². The minimum absolute atomic E-state index is 0.306. The lowest BCUT2D eigenvalue weighted by atomic mass is 9.97. The summed E-state index contributed by atoms with van der Waals surface area (Å²) in [6.45, 7) is 4.56. The number of rotatable bonds is 3. The lowest BCUT2D eigenvalue weighted by Gasteiger charge is -2.21. The Kier molecular flexibility index (Phi) is 3.95. The van der Waals surface area contributed by atoms with Gasteiger partial charge in [-0.1, -0.05) is 13.8 Å². The molecule has 1 aliphatic carbocycles. The number of carbonyl (C=O) groups is 1. The highest BCUT2D eigenvalue weighted by molar-refractivity contribution is 9.10. The van der Waals surface area contributed by atoms with Crippen LogP contribution < -0.4 is 5.32 Å². The monoisotopic (exact) mass is 311 g/mol. The minimum Gasteiger partial charge on any atom is -0.478 e. The van der Waals surface area contributed by atoms with Gasteiger partial charge in [-0.15, -0.1) is 0 Å². The predicted molar refractivity (Wildman–Crippen MR) is 76.1 cm³/mol. The molecule has 2 N–H and O–H groups in total. The van der Waals surface area contributed by atoms with Crippen LogP contribution in [0.25, 0.3) is 0 Å². The number of halogens is 1. The summed E-state index contributed by atoms with van der Waals surface area (Å²) in [5, 5.41) is 12.4. The fourth-order valence-corrected chi connectivity index (χ4v) is 3.03. The van der Waals surface area contributed by atoms with Crippen molar-refractivity contribution >= 4 is 27.6 Å². The number of hydrogen-bond donors (Lipinski definition) is 2. The summed E-state index contributed by atoms with van der Waals surface area (Å²) in [6.07, 6.45) is 2.43. The summed E-state index contributed by atoms with van der Waals surface area (Å²) >= 11 is 3.43. The summed E-state index contributed by atoms with van der Waals surface area (Å²) in [5.41, 5.74) is 1.28. The van der Waals surface area contributed by atoms with E-state index in [0.717, 1.165) is 16.1 Å². The molecule has 1 aromatic rings. The lowest BCUT2D eigenvalue weighted by molar-refractivity contribution is 0.0697. The van der Waals surface area contributed by atoms with Crippen molar-refractivity contribution in [1.82, 2.24) is 0 Å². The van der Waals surface area contributed by atoms with Crippen molar-refractivity contribution in [1.29, 1.82) is 0 Å². The highest BCUT2D eigenvalue weighted by Crippen LogP contribution is 2.35. The molecule has 4 heteroatoms. The van der Waals surface area contributed by atoms with Crippen molar-refractivity contribution in [2.24, 2.45) is 11.8 Å². The maximum Gasteiger partial charge on any atom is 0.335 e. The number of aromatic carboxylic acids is 1. The maximum atomic E-state index is 10.9. The van der Waals surface area contributed by atoms with Crippen LogP contribution in [-0.4, -0.2) is 17.1 Å². The van der Waals surface area contributed by atoms with Gasteiger partial charge in [-0.2, -0.15) is 0 Å². The molecule has 3 atom stereocenters. The fourth-order valence-electron chi connectivity index (χ4n) is 2.53. The molecule has 18 heavy (non-hydrogen) atoms. The Labute approximate surface area is 116 Å². The average Bonchev–Trinajstić information content (AvgIpc) is 2.63. The zero-order valence-electron chi connectivity index (χ0n) is 10.6. The van der Waals surface area contributed by atoms with Gasteiger partial charge in [-0.05, 0) is 58.8 Å². The number of nitrogens with one attached hydrogen (secondary N) is 1. The first-order chi connectivity index (χ1) is 8.49. The van der Waals surface area contributed by atoms with E-state index in [4.69, 9.17) is 5.11 Å². The van der Waals surface area contributed by atoms with Crippen LogP contribution in [0, 0.1) is 11.8 Å². The van der Waals surface area contributed by atoms with E-state index < -0.39 is 5.97 Å². The topological polar surface area (TPSA) is 49.3 Å². The van der Waals surface area contributed by atoms with E-state index in [1.165, 1.54) is 12.8 Å². The molecule has 1 saturated carbocycles. The second-order valence-corrected chi connectivity index (χ2v) is 6.02. The van der Waals surface area contributed by atoms with Gasteiger partial charge in [0.15, 0.2) is 0 Å². The molecular weight excluding hydrogens is 294 g/mol. The maximum absolute atomic E-state index is 10.9. The van der Waals surface area contributed by atoms with Crippen LogP contribution in [0.2, 0.25) is 0 Å². The molecule has 1 aromatic carbocycles. The molecule has 0 spiro atoms. The molecule has 0 saturated heterocycles. The number of carboxylic acids is 1. The first-order valence-electron chi connectivity index (χ1n) is 6.28. The Bertz CT molecular complexity index is 461.